The summed E-state index contributed by atoms with van der Waals surface area (Å²) in [5, 5.41) is 9.02. The van der Waals surface area contributed by atoms with E-state index in [1.165, 1.54) is 7.11 Å². The second-order valence-electron chi connectivity index (χ2n) is 4.80. The third kappa shape index (κ3) is 2.81. The lowest BCUT2D eigenvalue weighted by atomic mass is 9.79. The van der Waals surface area contributed by atoms with E-state index >= 15 is 0 Å². The molecule has 0 bridgehead atoms. The minimum atomic E-state index is -0.286. The highest BCUT2D eigenvalue weighted by atomic mass is 16.5. The maximum Gasteiger partial charge on any atom is 0.330 e. The number of esters is 1. The second-order valence-corrected chi connectivity index (χ2v) is 4.80. The molecule has 1 N–H and O–H groups in total. The van der Waals surface area contributed by atoms with Crippen LogP contribution in [0.2, 0.25) is 0 Å². The van der Waals surface area contributed by atoms with Crippen molar-refractivity contribution >= 4 is 5.97 Å². The van der Waals surface area contributed by atoms with Gasteiger partial charge in [-0.3, -0.25) is 0 Å². The molecule has 1 aliphatic carbocycles. The van der Waals surface area contributed by atoms with Crippen molar-refractivity contribution in [2.24, 2.45) is 11.3 Å². The smallest absolute Gasteiger partial charge is 0.330 e. The summed E-state index contributed by atoms with van der Waals surface area (Å²) in [4.78, 5) is 11.2. The molecule has 1 saturated carbocycles. The standard InChI is InChI=1S/C12H20O3/c1-12(2)6-4-9(8-11(14)15-3)10(12)5-7-13/h8,10,13H,4-7H2,1-3H3/b9-8-/t10-/m0/s1. The van der Waals surface area contributed by atoms with E-state index < -0.39 is 0 Å². The molecule has 86 valence electrons. The van der Waals surface area contributed by atoms with Gasteiger partial charge >= 0.3 is 5.97 Å². The molecular formula is C12H20O3. The number of aliphatic hydroxyl groups is 1. The number of rotatable bonds is 3. The van der Waals surface area contributed by atoms with E-state index in [0.717, 1.165) is 24.8 Å². The van der Waals surface area contributed by atoms with E-state index in [4.69, 9.17) is 5.11 Å². The van der Waals surface area contributed by atoms with Crippen molar-refractivity contribution < 1.29 is 14.6 Å². The van der Waals surface area contributed by atoms with Crippen LogP contribution in [0.3, 0.4) is 0 Å². The lowest BCUT2D eigenvalue weighted by Gasteiger charge is -2.26. The minimum absolute atomic E-state index is 0.173. The van der Waals surface area contributed by atoms with Crippen LogP contribution in [0, 0.1) is 11.3 Å². The van der Waals surface area contributed by atoms with Crippen LogP contribution < -0.4 is 0 Å². The molecular weight excluding hydrogens is 192 g/mol. The zero-order valence-electron chi connectivity index (χ0n) is 9.75. The first-order valence-electron chi connectivity index (χ1n) is 5.40. The maximum atomic E-state index is 11.2. The zero-order chi connectivity index (χ0) is 11.5. The van der Waals surface area contributed by atoms with Gasteiger partial charge < -0.3 is 9.84 Å². The maximum absolute atomic E-state index is 11.2. The van der Waals surface area contributed by atoms with Crippen LogP contribution in [0.1, 0.15) is 33.1 Å². The van der Waals surface area contributed by atoms with Gasteiger partial charge in [-0.15, -0.1) is 0 Å². The van der Waals surface area contributed by atoms with Crippen LogP contribution in [0.5, 0.6) is 0 Å². The van der Waals surface area contributed by atoms with Crippen LogP contribution in [-0.4, -0.2) is 24.8 Å². The molecule has 1 atom stereocenters. The number of carbonyl (C=O) groups is 1. The van der Waals surface area contributed by atoms with Gasteiger partial charge in [0, 0.05) is 12.7 Å². The number of methoxy groups -OCH3 is 1. The fourth-order valence-electron chi connectivity index (χ4n) is 2.41. The molecule has 1 rings (SSSR count). The summed E-state index contributed by atoms with van der Waals surface area (Å²) in [7, 11) is 1.39. The largest absolute Gasteiger partial charge is 0.466 e. The minimum Gasteiger partial charge on any atom is -0.466 e. The Balaban J connectivity index is 2.82. The normalized spacial score (nSPS) is 26.9. The number of carbonyl (C=O) groups excluding carboxylic acids is 1. The summed E-state index contributed by atoms with van der Waals surface area (Å²) in [5.41, 5.74) is 1.31. The number of allylic oxidation sites excluding steroid dienone is 1. The Labute approximate surface area is 91.1 Å². The van der Waals surface area contributed by atoms with E-state index in [-0.39, 0.29) is 18.0 Å². The fourth-order valence-corrected chi connectivity index (χ4v) is 2.41. The molecule has 0 radical (unpaired) electrons. The Morgan fingerprint density at radius 2 is 2.33 bits per heavy atom. The van der Waals surface area contributed by atoms with Crippen molar-refractivity contribution in [1.29, 1.82) is 0 Å². The summed E-state index contributed by atoms with van der Waals surface area (Å²) in [5.74, 6) is 0.0206. The number of ether oxygens (including phenoxy) is 1. The third-order valence-electron chi connectivity index (χ3n) is 3.37. The first-order chi connectivity index (χ1) is 7.01. The first kappa shape index (κ1) is 12.2. The topological polar surface area (TPSA) is 46.5 Å². The molecule has 0 saturated heterocycles. The predicted octanol–water partition coefficient (Wildman–Crippen LogP) is 1.90. The van der Waals surface area contributed by atoms with Crippen molar-refractivity contribution in [3.63, 3.8) is 0 Å². The van der Waals surface area contributed by atoms with Crippen LogP contribution in [-0.2, 0) is 9.53 Å². The molecule has 0 amide bonds. The van der Waals surface area contributed by atoms with Crippen molar-refractivity contribution in [2.75, 3.05) is 13.7 Å². The molecule has 3 nitrogen and oxygen atoms in total. The van der Waals surface area contributed by atoms with Gasteiger partial charge in [0.2, 0.25) is 0 Å². The molecule has 0 unspecified atom stereocenters. The van der Waals surface area contributed by atoms with Gasteiger partial charge in [-0.2, -0.15) is 0 Å². The van der Waals surface area contributed by atoms with Gasteiger partial charge in [-0.25, -0.2) is 4.79 Å². The number of aliphatic hydroxyl groups excluding tert-OH is 1. The van der Waals surface area contributed by atoms with E-state index in [1.54, 1.807) is 6.08 Å². The lowest BCUT2D eigenvalue weighted by Crippen LogP contribution is -2.20. The average Bonchev–Trinajstić information content (AvgIpc) is 2.45. The van der Waals surface area contributed by atoms with Gasteiger partial charge in [0.25, 0.3) is 0 Å². The van der Waals surface area contributed by atoms with Gasteiger partial charge in [0.15, 0.2) is 0 Å². The molecule has 1 fully saturated rings. The van der Waals surface area contributed by atoms with E-state index in [1.807, 2.05) is 0 Å². The Morgan fingerprint density at radius 1 is 1.67 bits per heavy atom. The van der Waals surface area contributed by atoms with Crippen LogP contribution >= 0.6 is 0 Å². The second kappa shape index (κ2) is 4.79. The molecule has 0 aromatic heterocycles. The molecule has 0 aromatic carbocycles. The Hall–Kier alpha value is -0.830. The molecule has 3 heteroatoms. The van der Waals surface area contributed by atoms with Crippen molar-refractivity contribution in [3.8, 4) is 0 Å². The number of hydrogen-bond acceptors (Lipinski definition) is 3. The van der Waals surface area contributed by atoms with Crippen LogP contribution in [0.15, 0.2) is 11.6 Å². The Kier molecular flexibility index (Phi) is 3.91. The van der Waals surface area contributed by atoms with Gasteiger partial charge in [0.05, 0.1) is 7.11 Å². The highest BCUT2D eigenvalue weighted by Gasteiger charge is 2.37. The quantitative estimate of drug-likeness (QED) is 0.574. The Bertz CT molecular complexity index is 266. The monoisotopic (exact) mass is 212 g/mol. The number of hydrogen-bond donors (Lipinski definition) is 1. The predicted molar refractivity (Wildman–Crippen MR) is 58.3 cm³/mol. The zero-order valence-corrected chi connectivity index (χ0v) is 9.75. The van der Waals surface area contributed by atoms with E-state index in [9.17, 15) is 4.79 Å². The molecule has 0 aromatic rings. The average molecular weight is 212 g/mol. The molecule has 1 aliphatic rings. The Morgan fingerprint density at radius 3 is 2.87 bits per heavy atom. The van der Waals surface area contributed by atoms with E-state index in [0.29, 0.717) is 5.92 Å². The first-order valence-corrected chi connectivity index (χ1v) is 5.40. The van der Waals surface area contributed by atoms with Gasteiger partial charge in [-0.05, 0) is 30.6 Å². The fraction of sp³-hybridized carbons (Fsp3) is 0.750. The van der Waals surface area contributed by atoms with Crippen LogP contribution in [0.25, 0.3) is 0 Å². The highest BCUT2D eigenvalue weighted by Crippen LogP contribution is 2.47. The summed E-state index contributed by atoms with van der Waals surface area (Å²) in [6.07, 6.45) is 4.33. The molecule has 0 aliphatic heterocycles. The summed E-state index contributed by atoms with van der Waals surface area (Å²) in [6.45, 7) is 4.55. The summed E-state index contributed by atoms with van der Waals surface area (Å²) >= 11 is 0. The van der Waals surface area contributed by atoms with Crippen molar-refractivity contribution in [2.45, 2.75) is 33.1 Å². The molecule has 0 heterocycles. The summed E-state index contributed by atoms with van der Waals surface area (Å²) < 4.78 is 4.63. The van der Waals surface area contributed by atoms with E-state index in [2.05, 4.69) is 18.6 Å². The van der Waals surface area contributed by atoms with Crippen molar-refractivity contribution in [1.82, 2.24) is 0 Å². The van der Waals surface area contributed by atoms with Crippen molar-refractivity contribution in [3.05, 3.63) is 11.6 Å². The SMILES string of the molecule is COC(=O)/C=C1/CCC(C)(C)[C@H]1CCO. The summed E-state index contributed by atoms with van der Waals surface area (Å²) in [6, 6.07) is 0. The van der Waals surface area contributed by atoms with Crippen LogP contribution in [0.4, 0.5) is 0 Å². The highest BCUT2D eigenvalue weighted by molar-refractivity contribution is 5.82. The third-order valence-corrected chi connectivity index (χ3v) is 3.37. The lowest BCUT2D eigenvalue weighted by molar-refractivity contribution is -0.134. The molecule has 0 spiro atoms. The molecule has 15 heavy (non-hydrogen) atoms. The van der Waals surface area contributed by atoms with Gasteiger partial charge in [0.1, 0.15) is 0 Å². The van der Waals surface area contributed by atoms with Gasteiger partial charge in [-0.1, -0.05) is 19.4 Å².